The molecule has 35 heavy (non-hydrogen) atoms. The molecule has 1 aromatic carbocycles. The zero-order chi connectivity index (χ0) is 26.0. The normalized spacial score (nSPS) is 12.3. The minimum Gasteiger partial charge on any atom is -0.494 e. The second-order valence-corrected chi connectivity index (χ2v) is 8.17. The first-order valence-corrected chi connectivity index (χ1v) is 10.7. The number of carbonyl (C=O) groups is 1. The number of benzene rings is 1. The summed E-state index contributed by atoms with van der Waals surface area (Å²) in [6.45, 7) is 12.7. The van der Waals surface area contributed by atoms with Crippen molar-refractivity contribution in [3.05, 3.63) is 71.7 Å². The molecule has 1 aromatic heterocycles. The van der Waals surface area contributed by atoms with Gasteiger partial charge in [-0.3, -0.25) is 5.32 Å². The summed E-state index contributed by atoms with van der Waals surface area (Å²) in [6, 6.07) is 7.85. The number of aliphatic hydroxyl groups excluding tert-OH is 1. The number of urea groups is 1. The van der Waals surface area contributed by atoms with Gasteiger partial charge in [-0.1, -0.05) is 31.6 Å². The smallest absolute Gasteiger partial charge is 0.324 e. The van der Waals surface area contributed by atoms with E-state index in [9.17, 15) is 9.90 Å². The third kappa shape index (κ3) is 7.75. The summed E-state index contributed by atoms with van der Waals surface area (Å²) in [5.74, 6) is 2.37. The average molecular weight is 485 g/mol. The maximum Gasteiger partial charge on any atom is 0.324 e. The molecule has 0 aliphatic rings. The number of hydrogen-bond acceptors (Lipinski definition) is 8. The number of methoxy groups -OCH3 is 2. The maximum atomic E-state index is 12.4. The Morgan fingerprint density at radius 1 is 1.26 bits per heavy atom. The van der Waals surface area contributed by atoms with E-state index in [-0.39, 0.29) is 12.4 Å². The molecular formula is C25H32N4O6. The van der Waals surface area contributed by atoms with Gasteiger partial charge in [-0.2, -0.15) is 0 Å². The van der Waals surface area contributed by atoms with E-state index in [1.807, 2.05) is 6.92 Å². The lowest BCUT2D eigenvalue weighted by atomic mass is 9.92. The van der Waals surface area contributed by atoms with E-state index in [0.29, 0.717) is 41.0 Å². The molecule has 0 radical (unpaired) electrons. The van der Waals surface area contributed by atoms with Crippen molar-refractivity contribution in [2.75, 3.05) is 31.5 Å². The van der Waals surface area contributed by atoms with E-state index in [4.69, 9.17) is 18.7 Å². The van der Waals surface area contributed by atoms with E-state index >= 15 is 0 Å². The minimum atomic E-state index is -0.615. The number of nitrogens with one attached hydrogen (secondary N) is 2. The number of allylic oxidation sites excluding steroid dienone is 2. The van der Waals surface area contributed by atoms with Crippen molar-refractivity contribution in [2.45, 2.75) is 32.6 Å². The van der Waals surface area contributed by atoms with Gasteiger partial charge in [-0.25, -0.2) is 9.79 Å². The molecule has 3 N–H and O–H groups in total. The number of carbonyl (C=O) groups excluding carboxylic acids is 1. The molecule has 1 heterocycles. The van der Waals surface area contributed by atoms with Crippen LogP contribution in [-0.2, 0) is 14.9 Å². The van der Waals surface area contributed by atoms with Gasteiger partial charge in [-0.05, 0) is 43.8 Å². The van der Waals surface area contributed by atoms with Crippen LogP contribution in [0, 0.1) is 0 Å². The highest BCUT2D eigenvalue weighted by Crippen LogP contribution is 2.26. The topological polar surface area (TPSA) is 127 Å². The maximum absolute atomic E-state index is 12.4. The molecule has 10 nitrogen and oxygen atoms in total. The molecule has 0 spiro atoms. The van der Waals surface area contributed by atoms with Crippen LogP contribution in [0.5, 0.6) is 5.75 Å². The largest absolute Gasteiger partial charge is 0.494 e. The van der Waals surface area contributed by atoms with Crippen molar-refractivity contribution in [2.24, 2.45) is 4.99 Å². The van der Waals surface area contributed by atoms with Crippen molar-refractivity contribution in [1.29, 1.82) is 0 Å². The van der Waals surface area contributed by atoms with Gasteiger partial charge in [0, 0.05) is 23.2 Å². The van der Waals surface area contributed by atoms with Crippen LogP contribution in [0.25, 0.3) is 0 Å². The van der Waals surface area contributed by atoms with Crippen molar-refractivity contribution in [3.63, 3.8) is 0 Å². The van der Waals surface area contributed by atoms with Gasteiger partial charge >= 0.3 is 6.03 Å². The standard InChI is InChI=1S/C25H32N4O6/c1-16(11-12-20(33-7)17(2)32-6)23(26-5)34-19-10-8-9-18(13-19)27-24(31)28-22-14-21(35-29-22)25(3,4)15-30/h8-10,12-14,30H,2,5,11,15H2,1,3-4,6-7H3,(H2,27,28,29,31)/b20-12+,23-16+. The van der Waals surface area contributed by atoms with E-state index < -0.39 is 11.4 Å². The molecule has 0 aliphatic heterocycles. The summed E-state index contributed by atoms with van der Waals surface area (Å²) >= 11 is 0. The van der Waals surface area contributed by atoms with Crippen LogP contribution in [0.15, 0.2) is 75.5 Å². The average Bonchev–Trinajstić information content (AvgIpc) is 3.31. The van der Waals surface area contributed by atoms with Crippen molar-refractivity contribution in [1.82, 2.24) is 5.16 Å². The number of aliphatic imine (C=N–C) groups is 1. The van der Waals surface area contributed by atoms with Crippen LogP contribution in [0.2, 0.25) is 0 Å². The molecule has 2 aromatic rings. The van der Waals surface area contributed by atoms with E-state index in [0.717, 1.165) is 5.57 Å². The lowest BCUT2D eigenvalue weighted by Crippen LogP contribution is -2.21. The molecule has 0 unspecified atom stereocenters. The van der Waals surface area contributed by atoms with E-state index in [2.05, 4.69) is 34.1 Å². The van der Waals surface area contributed by atoms with Gasteiger partial charge in [-0.15, -0.1) is 0 Å². The summed E-state index contributed by atoms with van der Waals surface area (Å²) < 4.78 is 21.4. The van der Waals surface area contributed by atoms with E-state index in [1.165, 1.54) is 14.2 Å². The first-order valence-electron chi connectivity index (χ1n) is 10.7. The summed E-state index contributed by atoms with van der Waals surface area (Å²) in [4.78, 5) is 16.4. The Bertz CT molecular complexity index is 1120. The van der Waals surface area contributed by atoms with Gasteiger partial charge < -0.3 is 29.2 Å². The van der Waals surface area contributed by atoms with Gasteiger partial charge in [0.1, 0.15) is 11.5 Å². The number of hydrogen-bond donors (Lipinski definition) is 3. The van der Waals surface area contributed by atoms with Crippen molar-refractivity contribution < 1.29 is 28.6 Å². The second-order valence-electron chi connectivity index (χ2n) is 8.17. The third-order valence-electron chi connectivity index (χ3n) is 4.96. The minimum absolute atomic E-state index is 0.123. The lowest BCUT2D eigenvalue weighted by molar-refractivity contribution is 0.187. The Morgan fingerprint density at radius 3 is 2.63 bits per heavy atom. The molecule has 0 saturated heterocycles. The summed E-state index contributed by atoms with van der Waals surface area (Å²) in [6.07, 6.45) is 2.27. The number of nitrogens with zero attached hydrogens (tertiary/aromatic N) is 2. The molecule has 2 rings (SSSR count). The molecule has 0 fully saturated rings. The number of rotatable bonds is 12. The number of aliphatic hydroxyl groups is 1. The summed E-state index contributed by atoms with van der Waals surface area (Å²) in [7, 11) is 3.05. The van der Waals surface area contributed by atoms with Gasteiger partial charge in [0.05, 0.1) is 20.8 Å². The Hall–Kier alpha value is -4.05. The first-order chi connectivity index (χ1) is 16.6. The fourth-order valence-corrected chi connectivity index (χ4v) is 2.76. The Balaban J connectivity index is 2.07. The highest BCUT2D eigenvalue weighted by Gasteiger charge is 2.25. The quantitative estimate of drug-likeness (QED) is 0.220. The zero-order valence-corrected chi connectivity index (χ0v) is 20.7. The highest BCUT2D eigenvalue weighted by molar-refractivity contribution is 5.99. The van der Waals surface area contributed by atoms with Crippen LogP contribution >= 0.6 is 0 Å². The fourth-order valence-electron chi connectivity index (χ4n) is 2.76. The number of aromatic nitrogens is 1. The van der Waals surface area contributed by atoms with Crippen molar-refractivity contribution in [3.8, 4) is 5.75 Å². The van der Waals surface area contributed by atoms with Gasteiger partial charge in [0.2, 0.25) is 5.88 Å². The van der Waals surface area contributed by atoms with Crippen LogP contribution < -0.4 is 15.4 Å². The monoisotopic (exact) mass is 484 g/mol. The molecule has 0 aliphatic carbocycles. The Kier molecular flexibility index (Phi) is 9.65. The zero-order valence-electron chi connectivity index (χ0n) is 20.7. The predicted molar refractivity (Wildman–Crippen MR) is 134 cm³/mol. The molecule has 0 saturated carbocycles. The molecule has 0 bridgehead atoms. The molecular weight excluding hydrogens is 452 g/mol. The summed E-state index contributed by atoms with van der Waals surface area (Å²) in [5.41, 5.74) is 0.664. The molecule has 10 heteroatoms. The van der Waals surface area contributed by atoms with Crippen LogP contribution in [-0.4, -0.2) is 43.8 Å². The second kappa shape index (κ2) is 12.4. The molecule has 0 atom stereocenters. The third-order valence-corrected chi connectivity index (χ3v) is 4.96. The van der Waals surface area contributed by atoms with Gasteiger partial charge in [0.25, 0.3) is 0 Å². The van der Waals surface area contributed by atoms with E-state index in [1.54, 1.807) is 50.3 Å². The highest BCUT2D eigenvalue weighted by atomic mass is 16.5. The first kappa shape index (κ1) is 27.2. The SMILES string of the molecule is C=N/C(Oc1cccc(NC(=O)Nc2cc(C(C)(C)CO)on2)c1)=C(/C)C/C=C(/OC)C(=C)OC. The van der Waals surface area contributed by atoms with Gasteiger partial charge in [0.15, 0.2) is 17.3 Å². The lowest BCUT2D eigenvalue weighted by Gasteiger charge is -2.16. The number of amides is 2. The molecule has 2 amide bonds. The summed E-state index contributed by atoms with van der Waals surface area (Å²) in [5, 5.41) is 18.6. The Morgan fingerprint density at radius 2 is 2.00 bits per heavy atom. The number of ether oxygens (including phenoxy) is 3. The predicted octanol–water partition coefficient (Wildman–Crippen LogP) is 4.98. The van der Waals surface area contributed by atoms with Crippen LogP contribution in [0.3, 0.4) is 0 Å². The van der Waals surface area contributed by atoms with Crippen LogP contribution in [0.1, 0.15) is 33.0 Å². The van der Waals surface area contributed by atoms with Crippen LogP contribution in [0.4, 0.5) is 16.3 Å². The van der Waals surface area contributed by atoms with Crippen molar-refractivity contribution >= 4 is 24.3 Å². The Labute approximate surface area is 205 Å². The molecule has 188 valence electrons. The number of anilines is 2. The fraction of sp³-hybridized carbons (Fsp3) is 0.320.